The van der Waals surface area contributed by atoms with Gasteiger partial charge in [0.05, 0.1) is 12.7 Å². The van der Waals surface area contributed by atoms with Gasteiger partial charge in [0, 0.05) is 28.9 Å². The van der Waals surface area contributed by atoms with Crippen molar-refractivity contribution in [1.82, 2.24) is 0 Å². The van der Waals surface area contributed by atoms with E-state index in [1.54, 1.807) is 48.5 Å². The highest BCUT2D eigenvalue weighted by Crippen LogP contribution is 2.21. The normalized spacial score (nSPS) is 13.1. The summed E-state index contributed by atoms with van der Waals surface area (Å²) in [5.74, 6) is -0.721. The summed E-state index contributed by atoms with van der Waals surface area (Å²) in [7, 11) is 1.32. The molecular weight excluding hydrogens is 306 g/mol. The van der Waals surface area contributed by atoms with Crippen LogP contribution in [0.15, 0.2) is 60.2 Å². The van der Waals surface area contributed by atoms with Crippen molar-refractivity contribution in [2.75, 3.05) is 19.0 Å². The lowest BCUT2D eigenvalue weighted by molar-refractivity contribution is 0.0600. The Morgan fingerprint density at radius 1 is 1.00 bits per heavy atom. The molecule has 0 unspecified atom stereocenters. The van der Waals surface area contributed by atoms with E-state index < -0.39 is 5.97 Å². The minimum atomic E-state index is -0.408. The van der Waals surface area contributed by atoms with E-state index in [4.69, 9.17) is 0 Å². The van der Waals surface area contributed by atoms with Gasteiger partial charge in [0.2, 0.25) is 0 Å². The predicted octanol–water partition coefficient (Wildman–Crippen LogP) is 2.89. The highest BCUT2D eigenvalue weighted by molar-refractivity contribution is 6.24. The Bertz CT molecular complexity index is 850. The SMILES string of the molecule is COC(=O)c1ccc(NCC2=CC(=O)c3ccccc3C2=O)cc1. The smallest absolute Gasteiger partial charge is 0.337 e. The summed E-state index contributed by atoms with van der Waals surface area (Å²) in [5.41, 5.74) is 2.47. The molecule has 0 amide bonds. The van der Waals surface area contributed by atoms with Crippen molar-refractivity contribution >= 4 is 23.2 Å². The number of benzene rings is 2. The first-order valence-electron chi connectivity index (χ1n) is 7.41. The average molecular weight is 321 g/mol. The van der Waals surface area contributed by atoms with Crippen molar-refractivity contribution < 1.29 is 19.1 Å². The summed E-state index contributed by atoms with van der Waals surface area (Å²) < 4.78 is 4.64. The summed E-state index contributed by atoms with van der Waals surface area (Å²) in [5, 5.41) is 3.09. The van der Waals surface area contributed by atoms with Gasteiger partial charge in [-0.3, -0.25) is 9.59 Å². The number of fused-ring (bicyclic) bond motifs is 1. The second kappa shape index (κ2) is 6.50. The zero-order valence-electron chi connectivity index (χ0n) is 13.0. The largest absolute Gasteiger partial charge is 0.465 e. The summed E-state index contributed by atoms with van der Waals surface area (Å²) in [6.45, 7) is 0.233. The topological polar surface area (TPSA) is 72.5 Å². The first-order valence-corrected chi connectivity index (χ1v) is 7.41. The Hall–Kier alpha value is -3.21. The fraction of sp³-hybridized carbons (Fsp3) is 0.105. The van der Waals surface area contributed by atoms with Crippen molar-refractivity contribution in [3.8, 4) is 0 Å². The predicted molar refractivity (Wildman–Crippen MR) is 89.5 cm³/mol. The van der Waals surface area contributed by atoms with Gasteiger partial charge in [0.15, 0.2) is 11.6 Å². The molecule has 1 N–H and O–H groups in total. The van der Waals surface area contributed by atoms with Gasteiger partial charge in [-0.2, -0.15) is 0 Å². The third-order valence-electron chi connectivity index (χ3n) is 3.82. The van der Waals surface area contributed by atoms with Gasteiger partial charge in [-0.05, 0) is 30.3 Å². The monoisotopic (exact) mass is 321 g/mol. The fourth-order valence-electron chi connectivity index (χ4n) is 2.54. The summed E-state index contributed by atoms with van der Waals surface area (Å²) in [4.78, 5) is 35.9. The average Bonchev–Trinajstić information content (AvgIpc) is 2.63. The molecule has 0 radical (unpaired) electrons. The zero-order chi connectivity index (χ0) is 17.1. The van der Waals surface area contributed by atoms with Crippen molar-refractivity contribution in [1.29, 1.82) is 0 Å². The summed E-state index contributed by atoms with van der Waals surface area (Å²) in [6, 6.07) is 13.5. The summed E-state index contributed by atoms with van der Waals surface area (Å²) >= 11 is 0. The van der Waals surface area contributed by atoms with Gasteiger partial charge >= 0.3 is 5.97 Å². The van der Waals surface area contributed by atoms with Crippen LogP contribution in [-0.2, 0) is 4.74 Å². The van der Waals surface area contributed by atoms with Gasteiger partial charge in [-0.15, -0.1) is 0 Å². The lowest BCUT2D eigenvalue weighted by atomic mass is 9.89. The van der Waals surface area contributed by atoms with E-state index in [0.29, 0.717) is 22.3 Å². The lowest BCUT2D eigenvalue weighted by Crippen LogP contribution is -2.21. The summed E-state index contributed by atoms with van der Waals surface area (Å²) in [6.07, 6.45) is 1.38. The third-order valence-corrected chi connectivity index (χ3v) is 3.82. The quantitative estimate of drug-likeness (QED) is 0.877. The van der Waals surface area contributed by atoms with E-state index in [-0.39, 0.29) is 18.1 Å². The number of nitrogens with one attached hydrogen (secondary N) is 1. The number of methoxy groups -OCH3 is 1. The molecule has 2 aromatic carbocycles. The molecule has 0 saturated heterocycles. The number of hydrogen-bond acceptors (Lipinski definition) is 5. The number of rotatable bonds is 4. The molecule has 1 aliphatic rings. The molecule has 0 aliphatic heterocycles. The molecule has 1 aliphatic carbocycles. The second-order valence-electron chi connectivity index (χ2n) is 5.33. The maximum absolute atomic E-state index is 12.4. The van der Waals surface area contributed by atoms with Crippen LogP contribution in [0.25, 0.3) is 0 Å². The minimum absolute atomic E-state index is 0.149. The first-order chi connectivity index (χ1) is 11.6. The van der Waals surface area contributed by atoms with Crippen molar-refractivity contribution in [2.24, 2.45) is 0 Å². The maximum Gasteiger partial charge on any atom is 0.337 e. The van der Waals surface area contributed by atoms with Crippen LogP contribution in [0.5, 0.6) is 0 Å². The molecule has 2 aromatic rings. The van der Waals surface area contributed by atoms with E-state index in [1.807, 2.05) is 0 Å². The van der Waals surface area contributed by atoms with E-state index in [2.05, 4.69) is 10.1 Å². The number of hydrogen-bond donors (Lipinski definition) is 1. The number of allylic oxidation sites excluding steroid dienone is 1. The molecule has 0 heterocycles. The highest BCUT2D eigenvalue weighted by Gasteiger charge is 2.24. The van der Waals surface area contributed by atoms with Gasteiger partial charge in [-0.1, -0.05) is 24.3 Å². The second-order valence-corrected chi connectivity index (χ2v) is 5.33. The van der Waals surface area contributed by atoms with E-state index in [1.165, 1.54) is 13.2 Å². The van der Waals surface area contributed by atoms with E-state index >= 15 is 0 Å². The zero-order valence-corrected chi connectivity index (χ0v) is 13.0. The van der Waals surface area contributed by atoms with Crippen LogP contribution in [0.2, 0.25) is 0 Å². The number of ether oxygens (including phenoxy) is 1. The molecule has 0 atom stereocenters. The minimum Gasteiger partial charge on any atom is -0.465 e. The van der Waals surface area contributed by atoms with Crippen LogP contribution in [0, 0.1) is 0 Å². The molecule has 0 spiro atoms. The van der Waals surface area contributed by atoms with Crippen LogP contribution in [0.1, 0.15) is 31.1 Å². The maximum atomic E-state index is 12.4. The molecule has 3 rings (SSSR count). The van der Waals surface area contributed by atoms with Crippen LogP contribution in [-0.4, -0.2) is 31.2 Å². The van der Waals surface area contributed by atoms with Gasteiger partial charge < -0.3 is 10.1 Å². The molecule has 0 aromatic heterocycles. The molecule has 0 fully saturated rings. The number of ketones is 2. The third kappa shape index (κ3) is 2.96. The van der Waals surface area contributed by atoms with Crippen LogP contribution in [0.3, 0.4) is 0 Å². The highest BCUT2D eigenvalue weighted by atomic mass is 16.5. The molecule has 120 valence electrons. The van der Waals surface area contributed by atoms with E-state index in [0.717, 1.165) is 5.69 Å². The fourth-order valence-corrected chi connectivity index (χ4v) is 2.54. The van der Waals surface area contributed by atoms with Crippen molar-refractivity contribution in [3.05, 3.63) is 76.9 Å². The Morgan fingerprint density at radius 3 is 2.33 bits per heavy atom. The Balaban J connectivity index is 1.72. The molecule has 24 heavy (non-hydrogen) atoms. The molecule has 0 saturated carbocycles. The number of carbonyl (C=O) groups excluding carboxylic acids is 3. The standard InChI is InChI=1S/C19H15NO4/c1-24-19(23)12-6-8-14(9-7-12)20-11-13-10-17(21)15-4-2-3-5-16(15)18(13)22/h2-10,20H,11H2,1H3. The van der Waals surface area contributed by atoms with Gasteiger partial charge in [0.1, 0.15) is 0 Å². The van der Waals surface area contributed by atoms with Crippen LogP contribution in [0.4, 0.5) is 5.69 Å². The van der Waals surface area contributed by atoms with Gasteiger partial charge in [-0.25, -0.2) is 4.79 Å². The van der Waals surface area contributed by atoms with Crippen molar-refractivity contribution in [2.45, 2.75) is 0 Å². The Labute approximate surface area is 138 Å². The molecule has 0 bridgehead atoms. The van der Waals surface area contributed by atoms with Crippen LogP contribution < -0.4 is 5.32 Å². The lowest BCUT2D eigenvalue weighted by Gasteiger charge is -2.16. The van der Waals surface area contributed by atoms with Crippen LogP contribution >= 0.6 is 0 Å². The molecule has 5 heteroatoms. The van der Waals surface area contributed by atoms with Gasteiger partial charge in [0.25, 0.3) is 0 Å². The molecular formula is C19H15NO4. The number of anilines is 1. The van der Waals surface area contributed by atoms with Crippen molar-refractivity contribution in [3.63, 3.8) is 0 Å². The number of esters is 1. The molecule has 5 nitrogen and oxygen atoms in total. The number of Topliss-reactive ketones (excluding diaryl/α,β-unsaturated/α-hetero) is 1. The Morgan fingerprint density at radius 2 is 1.67 bits per heavy atom. The first kappa shape index (κ1) is 15.7. The number of carbonyl (C=O) groups is 3. The van der Waals surface area contributed by atoms with E-state index in [9.17, 15) is 14.4 Å². The Kier molecular flexibility index (Phi) is 4.24.